The number of hydrogen-bond acceptors (Lipinski definition) is 8. The molecule has 0 atom stereocenters. The highest BCUT2D eigenvalue weighted by Crippen LogP contribution is 2.35. The lowest BCUT2D eigenvalue weighted by Gasteiger charge is -2.23. The molecule has 2 heterocycles. The summed E-state index contributed by atoms with van der Waals surface area (Å²) < 4.78 is 44.6. The minimum absolute atomic E-state index is 0.0604. The number of halogens is 3. The second kappa shape index (κ2) is 11.1. The zero-order chi connectivity index (χ0) is 25.8. The summed E-state index contributed by atoms with van der Waals surface area (Å²) in [4.78, 5) is 17.5. The quantitative estimate of drug-likeness (QED) is 0.162. The lowest BCUT2D eigenvalue weighted by molar-refractivity contribution is -0.129. The van der Waals surface area contributed by atoms with Crippen LogP contribution >= 0.6 is 11.9 Å². The number of nitrogens with one attached hydrogen (secondary N) is 1. The summed E-state index contributed by atoms with van der Waals surface area (Å²) in [6, 6.07) is 8.33. The van der Waals surface area contributed by atoms with E-state index < -0.39 is 18.5 Å². The fraction of sp³-hybridized carbons (Fsp3) is 0.409. The molecule has 3 rings (SSSR count). The molecular formula is C22H28F3N7O2S. The Kier molecular flexibility index (Phi) is 8.46. The number of hydrogen-bond donors (Lipinski definition) is 3. The number of hydrazone groups is 1. The van der Waals surface area contributed by atoms with Gasteiger partial charge in [0.2, 0.25) is 0 Å². The molecule has 0 spiro atoms. The van der Waals surface area contributed by atoms with Gasteiger partial charge in [0.1, 0.15) is 17.3 Å². The summed E-state index contributed by atoms with van der Waals surface area (Å²) in [6.45, 7) is 4.62. The second-order valence-corrected chi connectivity index (χ2v) is 9.32. The standard InChI is InChI=1S/C22H28F3N7O2S/c1-13(2)32(27)20(30-26)17-5-4-6-19(28-17)29-21(33)16-9-14-11-31(35-8-7-22(23,24)25)12-15(14)10-18(16)34-3/h4-6,9-10,13H,7-8,11-12,26-27H2,1-3H3,(H,28,29,33)/b30-20-. The Balaban J connectivity index is 1.75. The molecule has 2 aromatic rings. The molecule has 9 nitrogen and oxygen atoms in total. The minimum atomic E-state index is -4.19. The van der Waals surface area contributed by atoms with Gasteiger partial charge in [0.05, 0.1) is 19.1 Å². The van der Waals surface area contributed by atoms with Crippen LogP contribution < -0.4 is 21.7 Å². The van der Waals surface area contributed by atoms with E-state index in [-0.39, 0.29) is 29.0 Å². The highest BCUT2D eigenvalue weighted by atomic mass is 32.2. The third kappa shape index (κ3) is 6.77. The van der Waals surface area contributed by atoms with Crippen LogP contribution in [-0.4, -0.2) is 51.1 Å². The first-order valence-corrected chi connectivity index (χ1v) is 11.7. The smallest absolute Gasteiger partial charge is 0.389 e. The zero-order valence-corrected chi connectivity index (χ0v) is 20.4. The Labute approximate surface area is 205 Å². The van der Waals surface area contributed by atoms with E-state index in [1.807, 2.05) is 18.2 Å². The predicted octanol–water partition coefficient (Wildman–Crippen LogP) is 3.46. The second-order valence-electron chi connectivity index (χ2n) is 8.13. The van der Waals surface area contributed by atoms with Crippen LogP contribution in [0.1, 0.15) is 47.4 Å². The number of carbonyl (C=O) groups is 1. The molecule has 5 N–H and O–H groups in total. The van der Waals surface area contributed by atoms with E-state index in [9.17, 15) is 18.0 Å². The van der Waals surface area contributed by atoms with Crippen molar-refractivity contribution in [2.75, 3.05) is 18.2 Å². The van der Waals surface area contributed by atoms with Gasteiger partial charge in [-0.2, -0.15) is 18.3 Å². The van der Waals surface area contributed by atoms with Crippen molar-refractivity contribution in [3.8, 4) is 5.75 Å². The molecule has 0 saturated heterocycles. The van der Waals surface area contributed by atoms with Crippen molar-refractivity contribution in [2.45, 2.75) is 45.6 Å². The van der Waals surface area contributed by atoms with Gasteiger partial charge in [-0.1, -0.05) is 18.0 Å². The van der Waals surface area contributed by atoms with Crippen LogP contribution in [0.25, 0.3) is 0 Å². The van der Waals surface area contributed by atoms with Gasteiger partial charge in [-0.25, -0.2) is 15.1 Å². The third-order valence-corrected chi connectivity index (χ3v) is 6.27. The number of rotatable bonds is 8. The van der Waals surface area contributed by atoms with Crippen molar-refractivity contribution in [2.24, 2.45) is 16.8 Å². The maximum atomic E-state index is 13.1. The van der Waals surface area contributed by atoms with E-state index in [0.29, 0.717) is 24.5 Å². The van der Waals surface area contributed by atoms with E-state index in [1.54, 1.807) is 30.3 Å². The number of aromatic nitrogens is 1. The number of ether oxygens (including phenoxy) is 1. The lowest BCUT2D eigenvalue weighted by Crippen LogP contribution is -2.44. The van der Waals surface area contributed by atoms with Gasteiger partial charge in [-0.05, 0) is 49.2 Å². The van der Waals surface area contributed by atoms with E-state index in [4.69, 9.17) is 16.4 Å². The largest absolute Gasteiger partial charge is 0.496 e. The van der Waals surface area contributed by atoms with E-state index in [0.717, 1.165) is 23.1 Å². The molecule has 13 heteroatoms. The number of anilines is 1. The summed E-state index contributed by atoms with van der Waals surface area (Å²) in [6.07, 6.45) is -5.05. The van der Waals surface area contributed by atoms with Crippen LogP contribution in [0.3, 0.4) is 0 Å². The zero-order valence-electron chi connectivity index (χ0n) is 19.6. The minimum Gasteiger partial charge on any atom is -0.496 e. The molecule has 1 amide bonds. The maximum Gasteiger partial charge on any atom is 0.389 e. The molecule has 1 aliphatic heterocycles. The van der Waals surface area contributed by atoms with Crippen molar-refractivity contribution >= 4 is 29.5 Å². The Morgan fingerprint density at radius 2 is 2.00 bits per heavy atom. The predicted molar refractivity (Wildman–Crippen MR) is 129 cm³/mol. The van der Waals surface area contributed by atoms with Crippen molar-refractivity contribution in [3.63, 3.8) is 0 Å². The fourth-order valence-electron chi connectivity index (χ4n) is 3.45. The van der Waals surface area contributed by atoms with Crippen LogP contribution in [0.15, 0.2) is 35.4 Å². The Morgan fingerprint density at radius 1 is 1.31 bits per heavy atom. The molecule has 0 aliphatic carbocycles. The molecule has 0 bridgehead atoms. The van der Waals surface area contributed by atoms with Crippen LogP contribution in [-0.2, 0) is 13.1 Å². The van der Waals surface area contributed by atoms with Crippen LogP contribution in [0, 0.1) is 0 Å². The van der Waals surface area contributed by atoms with Gasteiger partial charge in [-0.3, -0.25) is 9.80 Å². The van der Waals surface area contributed by atoms with Crippen molar-refractivity contribution < 1.29 is 22.7 Å². The maximum absolute atomic E-state index is 13.1. The summed E-state index contributed by atoms with van der Waals surface area (Å²) in [7, 11) is 1.45. The summed E-state index contributed by atoms with van der Waals surface area (Å²) >= 11 is 1.13. The van der Waals surface area contributed by atoms with Crippen molar-refractivity contribution in [3.05, 3.63) is 52.7 Å². The van der Waals surface area contributed by atoms with Gasteiger partial charge in [0.15, 0.2) is 5.84 Å². The molecule has 0 saturated carbocycles. The normalized spacial score (nSPS) is 14.2. The van der Waals surface area contributed by atoms with Gasteiger partial charge < -0.3 is 15.9 Å². The number of nitrogens with zero attached hydrogens (tertiary/aromatic N) is 4. The van der Waals surface area contributed by atoms with Gasteiger partial charge >= 0.3 is 6.18 Å². The summed E-state index contributed by atoms with van der Waals surface area (Å²) in [5.74, 6) is 11.9. The fourth-order valence-corrected chi connectivity index (χ4v) is 4.49. The SMILES string of the molecule is COc1cc2c(cc1C(=O)Nc1cccc(/C(=N/N)N(N)C(C)C)n1)CN(SCCC(F)(F)F)C2. The van der Waals surface area contributed by atoms with E-state index in [2.05, 4.69) is 15.4 Å². The van der Waals surface area contributed by atoms with Crippen molar-refractivity contribution in [1.82, 2.24) is 14.3 Å². The molecule has 0 radical (unpaired) electrons. The first kappa shape index (κ1) is 26.6. The number of pyridine rings is 1. The topological polar surface area (TPSA) is 122 Å². The third-order valence-electron chi connectivity index (χ3n) is 5.26. The Morgan fingerprint density at radius 3 is 2.60 bits per heavy atom. The number of amides is 1. The molecule has 1 aromatic carbocycles. The average Bonchev–Trinajstić information content (AvgIpc) is 3.19. The number of fused-ring (bicyclic) bond motifs is 1. The van der Waals surface area contributed by atoms with Crippen LogP contribution in [0.2, 0.25) is 0 Å². The molecule has 0 fully saturated rings. The number of alkyl halides is 3. The highest BCUT2D eigenvalue weighted by Gasteiger charge is 2.29. The number of methoxy groups -OCH3 is 1. The Hall–Kier alpha value is -3.03. The van der Waals surface area contributed by atoms with Gasteiger partial charge in [-0.15, -0.1) is 0 Å². The number of benzene rings is 1. The van der Waals surface area contributed by atoms with Crippen molar-refractivity contribution in [1.29, 1.82) is 0 Å². The number of carbonyl (C=O) groups excluding carboxylic acids is 1. The van der Waals surface area contributed by atoms with E-state index in [1.165, 1.54) is 12.1 Å². The molecule has 35 heavy (non-hydrogen) atoms. The van der Waals surface area contributed by atoms with E-state index >= 15 is 0 Å². The van der Waals surface area contributed by atoms with Crippen LogP contribution in [0.5, 0.6) is 5.75 Å². The molecule has 0 unspecified atom stereocenters. The molecule has 1 aromatic heterocycles. The first-order valence-electron chi connectivity index (χ1n) is 10.8. The van der Waals surface area contributed by atoms with Crippen LogP contribution in [0.4, 0.5) is 19.0 Å². The summed E-state index contributed by atoms with van der Waals surface area (Å²) in [5, 5.41) is 7.84. The summed E-state index contributed by atoms with van der Waals surface area (Å²) in [5.41, 5.74) is 2.42. The monoisotopic (exact) mass is 511 g/mol. The highest BCUT2D eigenvalue weighted by molar-refractivity contribution is 7.96. The van der Waals surface area contributed by atoms with Gasteiger partial charge in [0, 0.05) is 24.9 Å². The number of nitrogens with two attached hydrogens (primary N) is 2. The Bertz CT molecular complexity index is 1100. The molecule has 190 valence electrons. The average molecular weight is 512 g/mol. The lowest BCUT2D eigenvalue weighted by atomic mass is 10.0. The molecule has 1 aliphatic rings. The first-order chi connectivity index (χ1) is 16.5. The number of hydrazine groups is 1. The van der Waals surface area contributed by atoms with Gasteiger partial charge in [0.25, 0.3) is 5.91 Å². The number of amidine groups is 1. The molecular weight excluding hydrogens is 483 g/mol.